The molecule has 0 aromatic heterocycles. The molecule has 3 nitrogen and oxygen atoms in total. The van der Waals surface area contributed by atoms with Gasteiger partial charge in [0.15, 0.2) is 5.78 Å². The van der Waals surface area contributed by atoms with Gasteiger partial charge in [0.05, 0.1) is 11.0 Å². The molecule has 0 bridgehead atoms. The average Bonchev–Trinajstić information content (AvgIpc) is 2.73. The average molecular weight is 368 g/mol. The molecule has 3 aromatic carbocycles. The fraction of sp³-hybridized carbons (Fsp3) is 0.160. The normalized spacial score (nSPS) is 19.8. The summed E-state index contributed by atoms with van der Waals surface area (Å²) in [7, 11) is 0. The summed E-state index contributed by atoms with van der Waals surface area (Å²) in [6, 6.07) is 23.9. The van der Waals surface area contributed by atoms with E-state index in [0.717, 1.165) is 11.1 Å². The molecule has 0 aliphatic carbocycles. The summed E-state index contributed by atoms with van der Waals surface area (Å²) in [5.41, 5.74) is 1.45. The Kier molecular flexibility index (Phi) is 4.30. The topological polar surface area (TPSA) is 46.5 Å². The Morgan fingerprint density at radius 3 is 2.11 bits per heavy atom. The highest BCUT2D eigenvalue weighted by Crippen LogP contribution is 2.49. The summed E-state index contributed by atoms with van der Waals surface area (Å²) in [6.45, 7) is 3.40. The van der Waals surface area contributed by atoms with E-state index in [4.69, 9.17) is 4.74 Å². The van der Waals surface area contributed by atoms with Gasteiger partial charge in [-0.25, -0.2) is 0 Å². The van der Waals surface area contributed by atoms with Crippen LogP contribution in [0.1, 0.15) is 40.9 Å². The van der Waals surface area contributed by atoms with Gasteiger partial charge in [-0.2, -0.15) is 0 Å². The summed E-state index contributed by atoms with van der Waals surface area (Å²) >= 11 is 0. The van der Waals surface area contributed by atoms with Gasteiger partial charge in [-0.1, -0.05) is 60.4 Å². The first-order chi connectivity index (χ1) is 13.4. The zero-order valence-electron chi connectivity index (χ0n) is 15.8. The number of ether oxygens (including phenoxy) is 1. The first-order valence-corrected chi connectivity index (χ1v) is 9.15. The molecule has 28 heavy (non-hydrogen) atoms. The van der Waals surface area contributed by atoms with E-state index in [-0.39, 0.29) is 5.78 Å². The molecule has 3 aromatic rings. The molecule has 1 heterocycles. The molecule has 1 atom stereocenters. The lowest BCUT2D eigenvalue weighted by Crippen LogP contribution is -2.54. The van der Waals surface area contributed by atoms with Crippen molar-refractivity contribution in [3.63, 3.8) is 0 Å². The monoisotopic (exact) mass is 368 g/mol. The Hall–Kier alpha value is -3.35. The zero-order chi connectivity index (χ0) is 19.8. The van der Waals surface area contributed by atoms with Crippen LogP contribution in [0.5, 0.6) is 5.75 Å². The van der Waals surface area contributed by atoms with Crippen LogP contribution in [0.25, 0.3) is 0 Å². The molecular formula is C25H20O3. The summed E-state index contributed by atoms with van der Waals surface area (Å²) in [6.07, 6.45) is 0. The van der Waals surface area contributed by atoms with E-state index >= 15 is 0 Å². The number of carbonyl (C=O) groups is 1. The summed E-state index contributed by atoms with van der Waals surface area (Å²) < 4.78 is 6.00. The van der Waals surface area contributed by atoms with E-state index in [1.165, 1.54) is 0 Å². The third-order valence-corrected chi connectivity index (χ3v) is 5.19. The van der Waals surface area contributed by atoms with Gasteiger partial charge in [0.25, 0.3) is 0 Å². The summed E-state index contributed by atoms with van der Waals surface area (Å²) in [4.78, 5) is 13.3. The van der Waals surface area contributed by atoms with Crippen LogP contribution in [-0.2, 0) is 5.79 Å². The van der Waals surface area contributed by atoms with Gasteiger partial charge in [0, 0.05) is 16.7 Å². The van der Waals surface area contributed by atoms with E-state index in [2.05, 4.69) is 11.8 Å². The first-order valence-electron chi connectivity index (χ1n) is 9.15. The minimum Gasteiger partial charge on any atom is -0.456 e. The van der Waals surface area contributed by atoms with Gasteiger partial charge < -0.3 is 9.84 Å². The maximum absolute atomic E-state index is 13.3. The molecule has 0 radical (unpaired) electrons. The molecule has 0 fully saturated rings. The summed E-state index contributed by atoms with van der Waals surface area (Å²) in [5, 5.41) is 11.3. The van der Waals surface area contributed by atoms with Gasteiger partial charge in [-0.3, -0.25) is 4.79 Å². The Morgan fingerprint density at radius 1 is 0.821 bits per heavy atom. The number of hydrogen-bond acceptors (Lipinski definition) is 3. The standard InChI is InChI=1S/C25H20O3/c1-24(2)23(26)21-17-19(14-13-18-9-5-3-6-10-18)15-16-22(21)28-25(24,27)20-11-7-4-8-12-20/h3-12,15-17,27H,1-2H3. The molecule has 138 valence electrons. The molecule has 1 aliphatic rings. The molecule has 1 unspecified atom stereocenters. The predicted molar refractivity (Wildman–Crippen MR) is 108 cm³/mol. The second-order valence-corrected chi connectivity index (χ2v) is 7.39. The van der Waals surface area contributed by atoms with Crippen LogP contribution in [0.4, 0.5) is 0 Å². The molecule has 0 saturated carbocycles. The van der Waals surface area contributed by atoms with Crippen molar-refractivity contribution in [2.45, 2.75) is 19.6 Å². The fourth-order valence-electron chi connectivity index (χ4n) is 3.40. The molecule has 1 N–H and O–H groups in total. The molecule has 1 aliphatic heterocycles. The Bertz CT molecular complexity index is 1090. The SMILES string of the molecule is CC1(C)C(=O)c2cc(C#Cc3ccccc3)ccc2OC1(O)c1ccccc1. The van der Waals surface area contributed by atoms with Crippen molar-refractivity contribution in [3.05, 3.63) is 101 Å². The minimum absolute atomic E-state index is 0.177. The van der Waals surface area contributed by atoms with Crippen molar-refractivity contribution >= 4 is 5.78 Å². The lowest BCUT2D eigenvalue weighted by Gasteiger charge is -2.45. The van der Waals surface area contributed by atoms with Crippen LogP contribution >= 0.6 is 0 Å². The smallest absolute Gasteiger partial charge is 0.247 e. The fourth-order valence-corrected chi connectivity index (χ4v) is 3.40. The quantitative estimate of drug-likeness (QED) is 0.642. The molecule has 3 heteroatoms. The second-order valence-electron chi connectivity index (χ2n) is 7.39. The second kappa shape index (κ2) is 6.67. The molecule has 0 saturated heterocycles. The van der Waals surface area contributed by atoms with Crippen LogP contribution in [0.15, 0.2) is 78.9 Å². The maximum atomic E-state index is 13.3. The third kappa shape index (κ3) is 2.89. The number of ketones is 1. The van der Waals surface area contributed by atoms with E-state index in [0.29, 0.717) is 16.9 Å². The van der Waals surface area contributed by atoms with Crippen LogP contribution in [0.3, 0.4) is 0 Å². The van der Waals surface area contributed by atoms with Crippen LogP contribution < -0.4 is 4.74 Å². The number of hydrogen-bond donors (Lipinski definition) is 1. The largest absolute Gasteiger partial charge is 0.456 e. The molecule has 0 amide bonds. The lowest BCUT2D eigenvalue weighted by atomic mass is 9.71. The number of aliphatic hydroxyl groups is 1. The molecular weight excluding hydrogens is 348 g/mol. The van der Waals surface area contributed by atoms with Crippen LogP contribution in [0.2, 0.25) is 0 Å². The Labute approximate surface area is 164 Å². The van der Waals surface area contributed by atoms with Gasteiger partial charge in [-0.05, 0) is 44.2 Å². The molecule has 0 spiro atoms. The Balaban J connectivity index is 1.75. The Morgan fingerprint density at radius 2 is 1.43 bits per heavy atom. The lowest BCUT2D eigenvalue weighted by molar-refractivity contribution is -0.210. The number of rotatable bonds is 1. The minimum atomic E-state index is -1.74. The highest BCUT2D eigenvalue weighted by Gasteiger charge is 2.56. The molecule has 4 rings (SSSR count). The van der Waals surface area contributed by atoms with Crippen LogP contribution in [-0.4, -0.2) is 10.9 Å². The van der Waals surface area contributed by atoms with E-state index < -0.39 is 11.2 Å². The van der Waals surface area contributed by atoms with Gasteiger partial charge in [0.2, 0.25) is 5.79 Å². The van der Waals surface area contributed by atoms with Crippen molar-refractivity contribution < 1.29 is 14.6 Å². The third-order valence-electron chi connectivity index (χ3n) is 5.19. The first kappa shape index (κ1) is 18.0. The van der Waals surface area contributed by atoms with Crippen molar-refractivity contribution in [2.24, 2.45) is 5.41 Å². The van der Waals surface area contributed by atoms with Gasteiger partial charge in [-0.15, -0.1) is 0 Å². The number of Topliss-reactive ketones (excluding diaryl/α,β-unsaturated/α-hetero) is 1. The van der Waals surface area contributed by atoms with Gasteiger partial charge in [0.1, 0.15) is 5.75 Å². The van der Waals surface area contributed by atoms with E-state index in [1.807, 2.05) is 48.5 Å². The summed E-state index contributed by atoms with van der Waals surface area (Å²) in [5.74, 6) is 4.63. The number of carbonyl (C=O) groups excluding carboxylic acids is 1. The van der Waals surface area contributed by atoms with E-state index in [9.17, 15) is 9.90 Å². The van der Waals surface area contributed by atoms with Gasteiger partial charge >= 0.3 is 0 Å². The number of benzene rings is 3. The van der Waals surface area contributed by atoms with Crippen molar-refractivity contribution in [1.29, 1.82) is 0 Å². The highest BCUT2D eigenvalue weighted by molar-refractivity contribution is 6.04. The number of fused-ring (bicyclic) bond motifs is 1. The predicted octanol–water partition coefficient (Wildman–Crippen LogP) is 4.53. The van der Waals surface area contributed by atoms with Crippen molar-refractivity contribution in [3.8, 4) is 17.6 Å². The highest BCUT2D eigenvalue weighted by atomic mass is 16.6. The van der Waals surface area contributed by atoms with Crippen molar-refractivity contribution in [2.75, 3.05) is 0 Å². The maximum Gasteiger partial charge on any atom is 0.247 e. The van der Waals surface area contributed by atoms with E-state index in [1.54, 1.807) is 44.2 Å². The van der Waals surface area contributed by atoms with Crippen molar-refractivity contribution in [1.82, 2.24) is 0 Å². The van der Waals surface area contributed by atoms with Crippen LogP contribution in [0, 0.1) is 17.3 Å². The zero-order valence-corrected chi connectivity index (χ0v) is 15.8.